The smallest absolute Gasteiger partial charge is 0.332 e. The van der Waals surface area contributed by atoms with Crippen LogP contribution in [-0.2, 0) is 25.4 Å². The number of methoxy groups -OCH3 is 1. The molecular weight excluding hydrogens is 408 g/mol. The van der Waals surface area contributed by atoms with Crippen LogP contribution in [0.5, 0.6) is 5.75 Å². The van der Waals surface area contributed by atoms with E-state index in [0.717, 1.165) is 15.0 Å². The van der Waals surface area contributed by atoms with Crippen LogP contribution in [-0.4, -0.2) is 36.7 Å². The van der Waals surface area contributed by atoms with Crippen LogP contribution in [0.4, 0.5) is 5.13 Å². The summed E-state index contributed by atoms with van der Waals surface area (Å²) in [5, 5.41) is 3.16. The van der Waals surface area contributed by atoms with Crippen LogP contribution in [0.2, 0.25) is 0 Å². The zero-order valence-corrected chi connectivity index (χ0v) is 17.3. The number of imidazole rings is 1. The third-order valence-electron chi connectivity index (χ3n) is 4.66. The third kappa shape index (κ3) is 3.28. The first-order valence-electron chi connectivity index (χ1n) is 8.90. The lowest BCUT2D eigenvalue weighted by Crippen LogP contribution is -2.37. The Kier molecular flexibility index (Phi) is 4.96. The predicted molar refractivity (Wildman–Crippen MR) is 113 cm³/mol. The molecule has 11 heteroatoms. The first kappa shape index (κ1) is 19.6. The Hall–Kier alpha value is -3.73. The molecule has 0 fully saturated rings. The Balaban J connectivity index is 1.58. The number of hydrogen-bond acceptors (Lipinski definition) is 7. The number of aromatic nitrogens is 5. The number of nitrogens with zero attached hydrogens (tertiary/aromatic N) is 5. The highest BCUT2D eigenvalue weighted by molar-refractivity contribution is 7.19. The number of anilines is 1. The summed E-state index contributed by atoms with van der Waals surface area (Å²) in [6.07, 6.45) is 3.03. The Morgan fingerprint density at radius 3 is 2.70 bits per heavy atom. The van der Waals surface area contributed by atoms with Crippen molar-refractivity contribution in [1.82, 2.24) is 23.7 Å². The summed E-state index contributed by atoms with van der Waals surface area (Å²) in [6.45, 7) is -0.145. The van der Waals surface area contributed by atoms with Crippen molar-refractivity contribution in [2.24, 2.45) is 14.1 Å². The van der Waals surface area contributed by atoms with Crippen LogP contribution >= 0.6 is 11.3 Å². The van der Waals surface area contributed by atoms with E-state index >= 15 is 0 Å². The zero-order valence-electron chi connectivity index (χ0n) is 16.4. The fraction of sp³-hybridized carbons (Fsp3) is 0.211. The number of amides is 1. The van der Waals surface area contributed by atoms with Crippen LogP contribution in [0.25, 0.3) is 21.6 Å². The molecule has 0 atom stereocenters. The highest BCUT2D eigenvalue weighted by Gasteiger charge is 2.17. The fourth-order valence-electron chi connectivity index (χ4n) is 3.13. The minimum absolute atomic E-state index is 0.145. The van der Waals surface area contributed by atoms with Gasteiger partial charge in [-0.3, -0.25) is 18.7 Å². The normalized spacial score (nSPS) is 11.0. The van der Waals surface area contributed by atoms with E-state index < -0.39 is 11.2 Å². The standard InChI is InChI=1S/C19H18N6O4S/c1-23-16-15(17(27)24(2)19(23)28)25(10-21-16)9-14(26)22-18-20-8-13(30-18)11-6-4-5-7-12(11)29-3/h4-8,10H,9H2,1-3H3,(H,20,22,26). The third-order valence-corrected chi connectivity index (χ3v) is 5.60. The summed E-state index contributed by atoms with van der Waals surface area (Å²) >= 11 is 1.31. The number of thiazole rings is 1. The van der Waals surface area contributed by atoms with Crippen LogP contribution in [0.1, 0.15) is 0 Å². The summed E-state index contributed by atoms with van der Waals surface area (Å²) in [5.41, 5.74) is 0.301. The average Bonchev–Trinajstić information content (AvgIpc) is 3.38. The molecule has 0 spiro atoms. The average molecular weight is 426 g/mol. The van der Waals surface area contributed by atoms with E-state index in [1.807, 2.05) is 24.3 Å². The number of para-hydroxylation sites is 1. The van der Waals surface area contributed by atoms with Gasteiger partial charge in [0.1, 0.15) is 12.3 Å². The number of nitrogens with one attached hydrogen (secondary N) is 1. The van der Waals surface area contributed by atoms with Gasteiger partial charge >= 0.3 is 5.69 Å². The molecule has 0 unspecified atom stereocenters. The Labute approximate surface area is 174 Å². The molecule has 0 saturated carbocycles. The number of hydrogen-bond donors (Lipinski definition) is 1. The second-order valence-electron chi connectivity index (χ2n) is 6.53. The molecule has 30 heavy (non-hydrogen) atoms. The number of rotatable bonds is 5. The monoisotopic (exact) mass is 426 g/mol. The number of benzene rings is 1. The van der Waals surface area contributed by atoms with Crippen molar-refractivity contribution in [1.29, 1.82) is 0 Å². The number of carbonyl (C=O) groups is 1. The van der Waals surface area contributed by atoms with E-state index in [1.165, 1.54) is 40.9 Å². The minimum atomic E-state index is -0.508. The molecule has 0 radical (unpaired) electrons. The summed E-state index contributed by atoms with van der Waals surface area (Å²) in [7, 11) is 4.50. The molecule has 4 rings (SSSR count). The van der Waals surface area contributed by atoms with Gasteiger partial charge in [-0.15, -0.1) is 0 Å². The molecule has 10 nitrogen and oxygen atoms in total. The Morgan fingerprint density at radius 2 is 1.93 bits per heavy atom. The van der Waals surface area contributed by atoms with Crippen LogP contribution in [0, 0.1) is 0 Å². The van der Waals surface area contributed by atoms with Crippen molar-refractivity contribution in [3.05, 3.63) is 57.6 Å². The van der Waals surface area contributed by atoms with Crippen molar-refractivity contribution in [3.63, 3.8) is 0 Å². The summed E-state index contributed by atoms with van der Waals surface area (Å²) < 4.78 is 9.04. The molecule has 0 bridgehead atoms. The number of aryl methyl sites for hydroxylation is 1. The molecule has 4 aromatic rings. The van der Waals surface area contributed by atoms with E-state index in [9.17, 15) is 14.4 Å². The molecule has 3 aromatic heterocycles. The molecule has 0 aliphatic rings. The van der Waals surface area contributed by atoms with Crippen LogP contribution < -0.4 is 21.3 Å². The maximum Gasteiger partial charge on any atom is 0.332 e. The summed E-state index contributed by atoms with van der Waals surface area (Å²) in [5.74, 6) is 0.344. The van der Waals surface area contributed by atoms with E-state index in [-0.39, 0.29) is 23.6 Å². The van der Waals surface area contributed by atoms with Crippen molar-refractivity contribution in [2.45, 2.75) is 6.54 Å². The molecule has 0 aliphatic heterocycles. The zero-order chi connectivity index (χ0) is 21.4. The Bertz CT molecular complexity index is 1380. The van der Waals surface area contributed by atoms with Crippen LogP contribution in [0.15, 0.2) is 46.4 Å². The van der Waals surface area contributed by atoms with Crippen LogP contribution in [0.3, 0.4) is 0 Å². The minimum Gasteiger partial charge on any atom is -0.496 e. The maximum atomic E-state index is 12.5. The molecule has 1 amide bonds. The van der Waals surface area contributed by atoms with Gasteiger partial charge in [-0.25, -0.2) is 14.8 Å². The maximum absolute atomic E-state index is 12.5. The quantitative estimate of drug-likeness (QED) is 0.513. The SMILES string of the molecule is COc1ccccc1-c1cnc(NC(=O)Cn2cnc3c2c(=O)n(C)c(=O)n3C)s1. The first-order chi connectivity index (χ1) is 14.4. The van der Waals surface area contributed by atoms with Crippen molar-refractivity contribution >= 4 is 33.5 Å². The van der Waals surface area contributed by atoms with Gasteiger partial charge in [-0.2, -0.15) is 0 Å². The van der Waals surface area contributed by atoms with E-state index in [4.69, 9.17) is 4.74 Å². The Morgan fingerprint density at radius 1 is 1.17 bits per heavy atom. The molecular formula is C19H18N6O4S. The van der Waals surface area contributed by atoms with Gasteiger partial charge < -0.3 is 14.6 Å². The lowest BCUT2D eigenvalue weighted by molar-refractivity contribution is -0.116. The fourth-order valence-corrected chi connectivity index (χ4v) is 4.00. The van der Waals surface area contributed by atoms with Gasteiger partial charge in [0.15, 0.2) is 16.3 Å². The highest BCUT2D eigenvalue weighted by atomic mass is 32.1. The van der Waals surface area contributed by atoms with Crippen molar-refractivity contribution in [2.75, 3.05) is 12.4 Å². The largest absolute Gasteiger partial charge is 0.496 e. The number of fused-ring (bicyclic) bond motifs is 1. The predicted octanol–water partition coefficient (Wildman–Crippen LogP) is 1.20. The molecule has 0 aliphatic carbocycles. The van der Waals surface area contributed by atoms with Gasteiger partial charge in [-0.05, 0) is 12.1 Å². The first-order valence-corrected chi connectivity index (χ1v) is 9.72. The van der Waals surface area contributed by atoms with E-state index in [2.05, 4.69) is 15.3 Å². The van der Waals surface area contributed by atoms with Gasteiger partial charge in [0.05, 0.1) is 18.3 Å². The highest BCUT2D eigenvalue weighted by Crippen LogP contribution is 2.35. The lowest BCUT2D eigenvalue weighted by Gasteiger charge is -2.06. The molecule has 154 valence electrons. The number of ether oxygens (including phenoxy) is 1. The lowest BCUT2D eigenvalue weighted by atomic mass is 10.2. The van der Waals surface area contributed by atoms with Gasteiger partial charge in [-0.1, -0.05) is 23.5 Å². The van der Waals surface area contributed by atoms with E-state index in [0.29, 0.717) is 10.9 Å². The topological polar surface area (TPSA) is 113 Å². The van der Waals surface area contributed by atoms with Crippen molar-refractivity contribution < 1.29 is 9.53 Å². The van der Waals surface area contributed by atoms with Gasteiger partial charge in [0.25, 0.3) is 5.56 Å². The summed E-state index contributed by atoms with van der Waals surface area (Å²) in [6, 6.07) is 7.54. The second-order valence-corrected chi connectivity index (χ2v) is 7.56. The molecule has 0 saturated heterocycles. The van der Waals surface area contributed by atoms with Gasteiger partial charge in [0.2, 0.25) is 5.91 Å². The molecule has 3 heterocycles. The van der Waals surface area contributed by atoms with E-state index in [1.54, 1.807) is 13.3 Å². The number of carbonyl (C=O) groups excluding carboxylic acids is 1. The van der Waals surface area contributed by atoms with Crippen molar-refractivity contribution in [3.8, 4) is 16.2 Å². The second kappa shape index (κ2) is 7.59. The molecule has 1 aromatic carbocycles. The molecule has 1 N–H and O–H groups in total. The van der Waals surface area contributed by atoms with Gasteiger partial charge in [0, 0.05) is 25.9 Å². The summed E-state index contributed by atoms with van der Waals surface area (Å²) in [4.78, 5) is 46.3.